The molecule has 2 heterocycles. The van der Waals surface area contributed by atoms with Gasteiger partial charge in [0.25, 0.3) is 5.56 Å². The van der Waals surface area contributed by atoms with Gasteiger partial charge in [-0.3, -0.25) is 4.79 Å². The molecule has 4 rings (SSSR count). The standard InChI is InChI=1S/C17H12N4O3/c1-23-11-6-8-12(9-7-11)24-17-14-5-3-2-4-13(14)16-19-18-10-15(22)21(16)20-17/h2-10H,1H3. The number of hydrogen-bond donors (Lipinski definition) is 0. The second kappa shape index (κ2) is 5.62. The van der Waals surface area contributed by atoms with Crippen LogP contribution in [0.5, 0.6) is 17.4 Å². The van der Waals surface area contributed by atoms with Crippen molar-refractivity contribution in [1.29, 1.82) is 0 Å². The van der Waals surface area contributed by atoms with Gasteiger partial charge in [-0.1, -0.05) is 18.2 Å². The number of nitrogens with zero attached hydrogens (tertiary/aromatic N) is 4. The Kier molecular flexibility index (Phi) is 3.31. The number of ether oxygens (including phenoxy) is 2. The van der Waals surface area contributed by atoms with Gasteiger partial charge < -0.3 is 9.47 Å². The first-order valence-corrected chi connectivity index (χ1v) is 7.21. The summed E-state index contributed by atoms with van der Waals surface area (Å²) in [4.78, 5) is 12.0. The minimum atomic E-state index is -0.370. The molecule has 24 heavy (non-hydrogen) atoms. The van der Waals surface area contributed by atoms with Gasteiger partial charge in [-0.25, -0.2) is 0 Å². The maximum absolute atomic E-state index is 12.0. The van der Waals surface area contributed by atoms with Crippen molar-refractivity contribution in [3.8, 4) is 17.4 Å². The van der Waals surface area contributed by atoms with E-state index in [0.717, 1.165) is 22.7 Å². The molecule has 0 atom stereocenters. The zero-order valence-corrected chi connectivity index (χ0v) is 12.7. The minimum Gasteiger partial charge on any atom is -0.497 e. The molecule has 118 valence electrons. The first-order valence-electron chi connectivity index (χ1n) is 7.21. The predicted molar refractivity (Wildman–Crippen MR) is 87.6 cm³/mol. The zero-order chi connectivity index (χ0) is 16.5. The van der Waals surface area contributed by atoms with Gasteiger partial charge in [0.05, 0.1) is 7.11 Å². The van der Waals surface area contributed by atoms with E-state index < -0.39 is 0 Å². The van der Waals surface area contributed by atoms with Crippen molar-refractivity contribution in [2.75, 3.05) is 7.11 Å². The summed E-state index contributed by atoms with van der Waals surface area (Å²) < 4.78 is 12.2. The van der Waals surface area contributed by atoms with Crippen LogP contribution in [0, 0.1) is 0 Å². The Morgan fingerprint density at radius 3 is 2.42 bits per heavy atom. The van der Waals surface area contributed by atoms with Crippen LogP contribution in [0.1, 0.15) is 0 Å². The van der Waals surface area contributed by atoms with Crippen molar-refractivity contribution in [1.82, 2.24) is 19.8 Å². The summed E-state index contributed by atoms with van der Waals surface area (Å²) in [6, 6.07) is 14.6. The average Bonchev–Trinajstić information content (AvgIpc) is 2.63. The van der Waals surface area contributed by atoms with E-state index in [4.69, 9.17) is 9.47 Å². The van der Waals surface area contributed by atoms with Gasteiger partial charge in [0.1, 0.15) is 17.7 Å². The van der Waals surface area contributed by atoms with E-state index in [0.29, 0.717) is 17.3 Å². The summed E-state index contributed by atoms with van der Waals surface area (Å²) in [5.41, 5.74) is 0.0190. The Balaban J connectivity index is 1.92. The number of aromatic nitrogens is 4. The molecule has 0 aliphatic heterocycles. The lowest BCUT2D eigenvalue weighted by atomic mass is 10.2. The van der Waals surface area contributed by atoms with E-state index in [1.165, 1.54) is 4.52 Å². The molecule has 0 radical (unpaired) electrons. The van der Waals surface area contributed by atoms with Gasteiger partial charge in [0.15, 0.2) is 5.65 Å². The second-order valence-electron chi connectivity index (χ2n) is 5.05. The van der Waals surface area contributed by atoms with Crippen molar-refractivity contribution in [3.05, 3.63) is 65.1 Å². The Hall–Kier alpha value is -3.48. The Morgan fingerprint density at radius 2 is 1.67 bits per heavy atom. The monoisotopic (exact) mass is 320 g/mol. The highest BCUT2D eigenvalue weighted by molar-refractivity contribution is 5.96. The summed E-state index contributed by atoms with van der Waals surface area (Å²) in [6.45, 7) is 0. The molecule has 0 N–H and O–H groups in total. The van der Waals surface area contributed by atoms with Crippen LogP contribution in [0.2, 0.25) is 0 Å². The molecule has 7 nitrogen and oxygen atoms in total. The molecule has 2 aromatic heterocycles. The van der Waals surface area contributed by atoms with E-state index in [9.17, 15) is 4.79 Å². The summed E-state index contributed by atoms with van der Waals surface area (Å²) >= 11 is 0. The maximum atomic E-state index is 12.0. The molecule has 0 saturated carbocycles. The molecule has 0 unspecified atom stereocenters. The Labute approximate surface area is 136 Å². The third kappa shape index (κ3) is 2.32. The Bertz CT molecular complexity index is 1090. The quantitative estimate of drug-likeness (QED) is 0.540. The van der Waals surface area contributed by atoms with Crippen molar-refractivity contribution < 1.29 is 9.47 Å². The van der Waals surface area contributed by atoms with Crippen molar-refractivity contribution in [2.45, 2.75) is 0 Å². The summed E-state index contributed by atoms with van der Waals surface area (Å²) in [5.74, 6) is 1.63. The fourth-order valence-corrected chi connectivity index (χ4v) is 2.44. The highest BCUT2D eigenvalue weighted by atomic mass is 16.5. The molecule has 4 aromatic rings. The Morgan fingerprint density at radius 1 is 0.958 bits per heavy atom. The molecule has 0 amide bonds. The number of hydrogen-bond acceptors (Lipinski definition) is 6. The average molecular weight is 320 g/mol. The van der Waals surface area contributed by atoms with Crippen molar-refractivity contribution >= 4 is 16.4 Å². The molecule has 2 aromatic carbocycles. The van der Waals surface area contributed by atoms with Crippen LogP contribution in [0.3, 0.4) is 0 Å². The molecular weight excluding hydrogens is 308 g/mol. The molecule has 0 fully saturated rings. The number of fused-ring (bicyclic) bond motifs is 3. The van der Waals surface area contributed by atoms with Gasteiger partial charge in [-0.05, 0) is 30.3 Å². The van der Waals surface area contributed by atoms with Crippen LogP contribution in [0.15, 0.2) is 59.5 Å². The summed E-state index contributed by atoms with van der Waals surface area (Å²) in [7, 11) is 1.60. The van der Waals surface area contributed by atoms with E-state index in [-0.39, 0.29) is 5.56 Å². The number of methoxy groups -OCH3 is 1. The molecule has 0 spiro atoms. The van der Waals surface area contributed by atoms with Crippen LogP contribution in [-0.4, -0.2) is 26.9 Å². The SMILES string of the molecule is COc1ccc(Oc2nn3c(=O)cnnc3c3ccccc23)cc1. The molecule has 7 heteroatoms. The van der Waals surface area contributed by atoms with Crippen LogP contribution in [-0.2, 0) is 0 Å². The fraction of sp³-hybridized carbons (Fsp3) is 0.0588. The van der Waals surface area contributed by atoms with Gasteiger partial charge in [-0.15, -0.1) is 10.2 Å². The van der Waals surface area contributed by atoms with Gasteiger partial charge >= 0.3 is 0 Å². The predicted octanol–water partition coefficient (Wildman–Crippen LogP) is 2.44. The highest BCUT2D eigenvalue weighted by Crippen LogP contribution is 2.29. The smallest absolute Gasteiger partial charge is 0.293 e. The molecule has 0 saturated heterocycles. The maximum Gasteiger partial charge on any atom is 0.293 e. The van der Waals surface area contributed by atoms with Gasteiger partial charge in [-0.2, -0.15) is 9.61 Å². The molecule has 0 bridgehead atoms. The normalized spacial score (nSPS) is 10.9. The first kappa shape index (κ1) is 14.1. The third-order valence-electron chi connectivity index (χ3n) is 3.59. The van der Waals surface area contributed by atoms with Crippen LogP contribution in [0.4, 0.5) is 0 Å². The fourth-order valence-electron chi connectivity index (χ4n) is 2.44. The molecule has 0 aliphatic rings. The molecule has 0 aliphatic carbocycles. The van der Waals surface area contributed by atoms with Gasteiger partial charge in [0.2, 0.25) is 5.88 Å². The minimum absolute atomic E-state index is 0.318. The number of benzene rings is 2. The van der Waals surface area contributed by atoms with Crippen LogP contribution < -0.4 is 15.0 Å². The van der Waals surface area contributed by atoms with Gasteiger partial charge in [0, 0.05) is 10.8 Å². The lowest BCUT2D eigenvalue weighted by molar-refractivity contribution is 0.412. The molecular formula is C17H12N4O3. The largest absolute Gasteiger partial charge is 0.497 e. The van der Waals surface area contributed by atoms with E-state index in [1.807, 2.05) is 24.3 Å². The summed E-state index contributed by atoms with van der Waals surface area (Å²) in [6.07, 6.45) is 1.12. The lowest BCUT2D eigenvalue weighted by Crippen LogP contribution is -2.18. The van der Waals surface area contributed by atoms with Crippen molar-refractivity contribution in [2.24, 2.45) is 0 Å². The number of rotatable bonds is 3. The van der Waals surface area contributed by atoms with Crippen molar-refractivity contribution in [3.63, 3.8) is 0 Å². The zero-order valence-electron chi connectivity index (χ0n) is 12.7. The lowest BCUT2D eigenvalue weighted by Gasteiger charge is -2.10. The highest BCUT2D eigenvalue weighted by Gasteiger charge is 2.12. The van der Waals surface area contributed by atoms with E-state index >= 15 is 0 Å². The van der Waals surface area contributed by atoms with E-state index in [1.54, 1.807) is 31.4 Å². The third-order valence-corrected chi connectivity index (χ3v) is 3.59. The van der Waals surface area contributed by atoms with E-state index in [2.05, 4.69) is 15.3 Å². The second-order valence-corrected chi connectivity index (χ2v) is 5.05. The van der Waals surface area contributed by atoms with Crippen LogP contribution >= 0.6 is 0 Å². The summed E-state index contributed by atoms with van der Waals surface area (Å²) in [5, 5.41) is 13.5. The topological polar surface area (TPSA) is 78.6 Å². The first-order chi connectivity index (χ1) is 11.8. The van der Waals surface area contributed by atoms with Crippen LogP contribution in [0.25, 0.3) is 16.4 Å².